The maximum atomic E-state index is 12.6. The van der Waals surface area contributed by atoms with E-state index in [-0.39, 0.29) is 17.7 Å². The summed E-state index contributed by atoms with van der Waals surface area (Å²) in [7, 11) is 0. The number of benzene rings is 1. The molecule has 11 atom stereocenters. The Balaban J connectivity index is 0.000000288. The summed E-state index contributed by atoms with van der Waals surface area (Å²) >= 11 is 0. The molecule has 6 rings (SSSR count). The van der Waals surface area contributed by atoms with Crippen LogP contribution >= 0.6 is 0 Å². The molecule has 4 aliphatic carbocycles. The Bertz CT molecular complexity index is 1910. The molecule has 5 aliphatic rings. The third-order valence-electron chi connectivity index (χ3n) is 22.1. The molecule has 3 saturated carbocycles. The Morgan fingerprint density at radius 2 is 1.21 bits per heavy atom. The molecule has 450 valence electrons. The Hall–Kier alpha value is -1.97. The molecule has 3 fully saturated rings. The SMILES string of the molecule is CCCCCCCCC(=O)O[C@H]1CC[C@@]2(C)C(=CC[C@H]3C4CC[C@H](C(C)CCCC(C)C)[C@@]4(C)CC[C@@H]32)C1.CCCCCCCCCOc1c(C)c(C)c2c(c1C)CC[C@@](C)(CCC[C@H](C)CCC[C@H](C)CCCC(C)C)O2. The van der Waals surface area contributed by atoms with Gasteiger partial charge in [-0.15, -0.1) is 0 Å². The summed E-state index contributed by atoms with van der Waals surface area (Å²) in [5.41, 5.74) is 7.77. The molecule has 0 amide bonds. The molecule has 0 radical (unpaired) electrons. The predicted octanol–water partition coefficient (Wildman–Crippen LogP) is 23.0. The van der Waals surface area contributed by atoms with Gasteiger partial charge in [0.25, 0.3) is 0 Å². The number of unbranched alkanes of at least 4 members (excludes halogenated alkanes) is 11. The van der Waals surface area contributed by atoms with Gasteiger partial charge in [0.1, 0.15) is 23.2 Å². The van der Waals surface area contributed by atoms with Gasteiger partial charge in [-0.2, -0.15) is 0 Å². The molecule has 4 heteroatoms. The van der Waals surface area contributed by atoms with Crippen molar-refractivity contribution in [1.29, 1.82) is 0 Å². The number of allylic oxidation sites excluding steroid dienone is 1. The Morgan fingerprint density at radius 3 is 1.85 bits per heavy atom. The van der Waals surface area contributed by atoms with E-state index in [2.05, 4.69) is 110 Å². The van der Waals surface area contributed by atoms with E-state index in [0.717, 1.165) is 116 Å². The molecular weight excluding hydrogens is 953 g/mol. The van der Waals surface area contributed by atoms with Crippen LogP contribution in [0.5, 0.6) is 11.5 Å². The van der Waals surface area contributed by atoms with Crippen LogP contribution in [0.1, 0.15) is 330 Å². The first-order chi connectivity index (χ1) is 37.3. The molecule has 0 spiro atoms. The Morgan fingerprint density at radius 1 is 0.615 bits per heavy atom. The molecule has 0 aromatic heterocycles. The van der Waals surface area contributed by atoms with Crippen molar-refractivity contribution < 1.29 is 19.0 Å². The zero-order valence-corrected chi connectivity index (χ0v) is 54.6. The molecule has 1 aromatic carbocycles. The molecule has 2 unspecified atom stereocenters. The number of fused-ring (bicyclic) bond motifs is 6. The van der Waals surface area contributed by atoms with Crippen LogP contribution < -0.4 is 9.47 Å². The van der Waals surface area contributed by atoms with E-state index >= 15 is 0 Å². The monoisotopic (exact) mass is 1080 g/mol. The molecule has 78 heavy (non-hydrogen) atoms. The van der Waals surface area contributed by atoms with Crippen molar-refractivity contribution in [2.24, 2.45) is 64.1 Å². The van der Waals surface area contributed by atoms with E-state index in [1.165, 1.54) is 202 Å². The van der Waals surface area contributed by atoms with Gasteiger partial charge in [-0.25, -0.2) is 0 Å². The number of esters is 1. The van der Waals surface area contributed by atoms with Gasteiger partial charge in [-0.05, 0) is 192 Å². The van der Waals surface area contributed by atoms with Gasteiger partial charge in [0.2, 0.25) is 0 Å². The number of hydrogen-bond acceptors (Lipinski definition) is 4. The fourth-order valence-corrected chi connectivity index (χ4v) is 16.8. The van der Waals surface area contributed by atoms with E-state index < -0.39 is 0 Å². The second kappa shape index (κ2) is 33.4. The third kappa shape index (κ3) is 19.6. The van der Waals surface area contributed by atoms with Gasteiger partial charge in [0, 0.05) is 18.4 Å². The van der Waals surface area contributed by atoms with Gasteiger partial charge in [0.05, 0.1) is 6.61 Å². The Kier molecular flexibility index (Phi) is 28.6. The average molecular weight is 1080 g/mol. The topological polar surface area (TPSA) is 44.8 Å². The lowest BCUT2D eigenvalue weighted by Gasteiger charge is -2.58. The normalized spacial score (nSPS) is 27.6. The van der Waals surface area contributed by atoms with Crippen LogP contribution in [0.4, 0.5) is 0 Å². The number of rotatable bonds is 34. The van der Waals surface area contributed by atoms with Gasteiger partial charge in [0.15, 0.2) is 0 Å². The quantitative estimate of drug-likeness (QED) is 0.0392. The molecule has 0 bridgehead atoms. The van der Waals surface area contributed by atoms with E-state index in [1.54, 1.807) is 5.57 Å². The van der Waals surface area contributed by atoms with Crippen molar-refractivity contribution in [3.63, 3.8) is 0 Å². The number of hydrogen-bond donors (Lipinski definition) is 0. The van der Waals surface area contributed by atoms with E-state index in [9.17, 15) is 4.79 Å². The second-order valence-electron chi connectivity index (χ2n) is 29.6. The van der Waals surface area contributed by atoms with Crippen molar-refractivity contribution in [3.05, 3.63) is 33.9 Å². The molecular formula is C74H130O4. The highest BCUT2D eigenvalue weighted by atomic mass is 16.5. The lowest BCUT2D eigenvalue weighted by molar-refractivity contribution is -0.151. The summed E-state index contributed by atoms with van der Waals surface area (Å²) in [5.74, 6) is 10.2. The predicted molar refractivity (Wildman–Crippen MR) is 337 cm³/mol. The van der Waals surface area contributed by atoms with Gasteiger partial charge < -0.3 is 14.2 Å². The molecule has 0 N–H and O–H groups in total. The van der Waals surface area contributed by atoms with Gasteiger partial charge >= 0.3 is 5.97 Å². The fourth-order valence-electron chi connectivity index (χ4n) is 16.8. The number of carbonyl (C=O) groups excluding carboxylic acids is 1. The van der Waals surface area contributed by atoms with Crippen LogP contribution in [-0.2, 0) is 16.0 Å². The summed E-state index contributed by atoms with van der Waals surface area (Å²) in [6, 6.07) is 0. The van der Waals surface area contributed by atoms with Crippen LogP contribution in [0.3, 0.4) is 0 Å². The van der Waals surface area contributed by atoms with Crippen LogP contribution in [0, 0.1) is 84.9 Å². The van der Waals surface area contributed by atoms with Gasteiger partial charge in [-0.1, -0.05) is 223 Å². The molecule has 0 saturated heterocycles. The molecule has 1 heterocycles. The van der Waals surface area contributed by atoms with Crippen molar-refractivity contribution in [3.8, 4) is 11.5 Å². The minimum absolute atomic E-state index is 0.0402. The zero-order chi connectivity index (χ0) is 56.9. The first-order valence-corrected chi connectivity index (χ1v) is 34.6. The maximum Gasteiger partial charge on any atom is 0.306 e. The van der Waals surface area contributed by atoms with Crippen LogP contribution in [0.2, 0.25) is 0 Å². The minimum Gasteiger partial charge on any atom is -0.493 e. The summed E-state index contributed by atoms with van der Waals surface area (Å²) in [4.78, 5) is 12.6. The zero-order valence-electron chi connectivity index (χ0n) is 54.6. The summed E-state index contributed by atoms with van der Waals surface area (Å²) in [6.07, 6.45) is 48.9. The summed E-state index contributed by atoms with van der Waals surface area (Å²) in [5, 5.41) is 0. The van der Waals surface area contributed by atoms with Crippen molar-refractivity contribution in [2.75, 3.05) is 6.61 Å². The fraction of sp³-hybridized carbons (Fsp3) is 0.878. The van der Waals surface area contributed by atoms with Crippen molar-refractivity contribution in [1.82, 2.24) is 0 Å². The summed E-state index contributed by atoms with van der Waals surface area (Å²) in [6.45, 7) is 36.7. The minimum atomic E-state index is -0.0402. The van der Waals surface area contributed by atoms with Gasteiger partial charge in [-0.3, -0.25) is 4.79 Å². The van der Waals surface area contributed by atoms with Crippen LogP contribution in [0.15, 0.2) is 11.6 Å². The second-order valence-corrected chi connectivity index (χ2v) is 29.6. The number of ether oxygens (including phenoxy) is 3. The smallest absolute Gasteiger partial charge is 0.306 e. The lowest BCUT2D eigenvalue weighted by Crippen LogP contribution is -2.51. The highest BCUT2D eigenvalue weighted by Crippen LogP contribution is 2.67. The van der Waals surface area contributed by atoms with Crippen LogP contribution in [0.25, 0.3) is 0 Å². The molecule has 1 aliphatic heterocycles. The first kappa shape index (κ1) is 66.8. The van der Waals surface area contributed by atoms with E-state index in [4.69, 9.17) is 14.2 Å². The lowest BCUT2D eigenvalue weighted by atomic mass is 9.47. The largest absolute Gasteiger partial charge is 0.493 e. The maximum absolute atomic E-state index is 12.6. The summed E-state index contributed by atoms with van der Waals surface area (Å²) < 4.78 is 19.3. The van der Waals surface area contributed by atoms with Crippen LogP contribution in [-0.4, -0.2) is 24.3 Å². The van der Waals surface area contributed by atoms with E-state index in [0.29, 0.717) is 17.3 Å². The highest BCUT2D eigenvalue weighted by Gasteiger charge is 2.59. The average Bonchev–Trinajstić information content (AvgIpc) is 3.99. The number of carbonyl (C=O) groups is 1. The Labute approximate surface area is 485 Å². The van der Waals surface area contributed by atoms with Crippen molar-refractivity contribution in [2.45, 2.75) is 347 Å². The standard InChI is InChI=1S/C38H68O2.C36H62O2/c1-10-11-12-13-14-15-16-28-39-36-32(6)33(7)37-35(34(36)8)25-27-38(9,40-37)26-19-24-31(5)23-18-22-30(4)21-17-20-29(2)3;1-7-8-9-10-11-12-16-34(37)38-29-21-23-35(5)28(25-29)17-18-30-32-20-19-31(27(4)15-13-14-26(2)3)36(32,6)24-22-33(30)35/h29-31H,10-28H2,1-9H3;17,26-27,29-33H,7-16,18-25H2,1-6H3/t30-,31-,38-;27?,29-,30-,31+,32?,33-,35-,36+/m10/s1. The van der Waals surface area contributed by atoms with E-state index in [1.807, 2.05) is 0 Å². The first-order valence-electron chi connectivity index (χ1n) is 34.6. The highest BCUT2D eigenvalue weighted by molar-refractivity contribution is 5.69. The van der Waals surface area contributed by atoms with Crippen molar-refractivity contribution >= 4 is 5.97 Å². The molecule has 1 aromatic rings. The third-order valence-corrected chi connectivity index (χ3v) is 22.1. The molecule has 4 nitrogen and oxygen atoms in total.